The SMILES string of the molecule is Cc1occc1CN1CCC(N2CCCC(O)C2)CC1.O=C(O)C(F)(F)F.O=C(O)C(F)(F)F. The van der Waals surface area contributed by atoms with Gasteiger partial charge >= 0.3 is 24.3 Å². The van der Waals surface area contributed by atoms with Crippen molar-refractivity contribution < 1.29 is 55.7 Å². The second-order valence-corrected chi connectivity index (χ2v) is 7.91. The topological polar surface area (TPSA) is 114 Å². The number of aryl methyl sites for hydroxylation is 1. The van der Waals surface area contributed by atoms with Crippen molar-refractivity contribution in [3.05, 3.63) is 23.7 Å². The maximum absolute atomic E-state index is 10.6. The molecule has 0 bridgehead atoms. The molecule has 2 aliphatic heterocycles. The Morgan fingerprint density at radius 3 is 1.88 bits per heavy atom. The molecular formula is C20H28F6N2O6. The summed E-state index contributed by atoms with van der Waals surface area (Å²) in [6.45, 7) is 7.41. The summed E-state index contributed by atoms with van der Waals surface area (Å²) >= 11 is 0. The molecule has 1 aromatic heterocycles. The highest BCUT2D eigenvalue weighted by atomic mass is 19.4. The number of carboxylic acid groups (broad SMARTS) is 2. The van der Waals surface area contributed by atoms with Crippen LogP contribution in [0.2, 0.25) is 0 Å². The highest BCUT2D eigenvalue weighted by Gasteiger charge is 2.38. The van der Waals surface area contributed by atoms with Gasteiger partial charge < -0.3 is 19.7 Å². The maximum atomic E-state index is 10.6. The van der Waals surface area contributed by atoms with E-state index in [9.17, 15) is 31.4 Å². The molecule has 2 aliphatic rings. The molecule has 0 spiro atoms. The monoisotopic (exact) mass is 506 g/mol. The maximum Gasteiger partial charge on any atom is 0.490 e. The van der Waals surface area contributed by atoms with Crippen LogP contribution in [0.3, 0.4) is 0 Å². The van der Waals surface area contributed by atoms with E-state index in [2.05, 4.69) is 15.9 Å². The fourth-order valence-electron chi connectivity index (χ4n) is 3.57. The van der Waals surface area contributed by atoms with E-state index in [-0.39, 0.29) is 6.10 Å². The summed E-state index contributed by atoms with van der Waals surface area (Å²) in [6, 6.07) is 2.76. The molecule has 2 saturated heterocycles. The summed E-state index contributed by atoms with van der Waals surface area (Å²) < 4.78 is 68.8. The predicted octanol–water partition coefficient (Wildman–Crippen LogP) is 3.28. The molecule has 0 aromatic carbocycles. The van der Waals surface area contributed by atoms with Crippen LogP contribution >= 0.6 is 0 Å². The number of carbonyl (C=O) groups is 2. The lowest BCUT2D eigenvalue weighted by Gasteiger charge is -2.41. The first-order chi connectivity index (χ1) is 15.6. The van der Waals surface area contributed by atoms with Crippen molar-refractivity contribution in [2.75, 3.05) is 26.2 Å². The van der Waals surface area contributed by atoms with Crippen molar-refractivity contribution in [3.63, 3.8) is 0 Å². The van der Waals surface area contributed by atoms with E-state index in [1.807, 2.05) is 6.92 Å². The Morgan fingerprint density at radius 2 is 1.50 bits per heavy atom. The van der Waals surface area contributed by atoms with Gasteiger partial charge in [0.05, 0.1) is 12.4 Å². The van der Waals surface area contributed by atoms with Gasteiger partial charge in [-0.25, -0.2) is 9.59 Å². The number of aliphatic hydroxyl groups excluding tert-OH is 1. The summed E-state index contributed by atoms with van der Waals surface area (Å²) in [4.78, 5) is 22.8. The van der Waals surface area contributed by atoms with E-state index in [1.54, 1.807) is 6.26 Å². The molecular weight excluding hydrogens is 478 g/mol. The van der Waals surface area contributed by atoms with E-state index >= 15 is 0 Å². The highest BCUT2D eigenvalue weighted by Crippen LogP contribution is 2.23. The average molecular weight is 506 g/mol. The van der Waals surface area contributed by atoms with Crippen LogP contribution in [0.5, 0.6) is 0 Å². The van der Waals surface area contributed by atoms with E-state index in [1.165, 1.54) is 24.9 Å². The van der Waals surface area contributed by atoms with Gasteiger partial charge in [-0.3, -0.25) is 9.80 Å². The Kier molecular flexibility index (Phi) is 11.3. The number of aliphatic carboxylic acids is 2. The number of β-amino-alcohol motifs (C(OH)–C–C–N with tert-alkyl or cyclic N) is 1. The lowest BCUT2D eigenvalue weighted by atomic mass is 9.98. The van der Waals surface area contributed by atoms with Gasteiger partial charge in [0, 0.05) is 24.7 Å². The molecule has 34 heavy (non-hydrogen) atoms. The lowest BCUT2D eigenvalue weighted by Crippen LogP contribution is -2.49. The number of rotatable bonds is 3. The molecule has 0 aliphatic carbocycles. The number of furan rings is 1. The van der Waals surface area contributed by atoms with Crippen molar-refractivity contribution in [1.29, 1.82) is 0 Å². The quantitative estimate of drug-likeness (QED) is 0.536. The zero-order valence-corrected chi connectivity index (χ0v) is 18.4. The van der Waals surface area contributed by atoms with Crippen molar-refractivity contribution >= 4 is 11.9 Å². The summed E-state index contributed by atoms with van der Waals surface area (Å²) in [6.07, 6.45) is -3.90. The largest absolute Gasteiger partial charge is 0.490 e. The number of carboxylic acids is 2. The molecule has 2 fully saturated rings. The average Bonchev–Trinajstić information content (AvgIpc) is 3.12. The first-order valence-electron chi connectivity index (χ1n) is 10.4. The number of halogens is 6. The minimum absolute atomic E-state index is 0.102. The van der Waals surface area contributed by atoms with Crippen molar-refractivity contribution in [1.82, 2.24) is 9.80 Å². The van der Waals surface area contributed by atoms with Gasteiger partial charge in [-0.15, -0.1) is 0 Å². The van der Waals surface area contributed by atoms with E-state index in [0.717, 1.165) is 44.8 Å². The number of piperidine rings is 2. The first kappa shape index (κ1) is 29.7. The molecule has 196 valence electrons. The number of aliphatic hydroxyl groups is 1. The highest BCUT2D eigenvalue weighted by molar-refractivity contribution is 5.73. The van der Waals surface area contributed by atoms with E-state index in [0.29, 0.717) is 6.04 Å². The third kappa shape index (κ3) is 10.7. The Balaban J connectivity index is 0.000000343. The second-order valence-electron chi connectivity index (χ2n) is 7.91. The number of nitrogens with zero attached hydrogens (tertiary/aromatic N) is 2. The number of hydrogen-bond donors (Lipinski definition) is 3. The number of hydrogen-bond acceptors (Lipinski definition) is 6. The normalized spacial score (nSPS) is 20.5. The van der Waals surface area contributed by atoms with Crippen LogP contribution in [0, 0.1) is 6.92 Å². The minimum atomic E-state index is -5.08. The van der Waals surface area contributed by atoms with E-state index in [4.69, 9.17) is 24.2 Å². The van der Waals surface area contributed by atoms with Gasteiger partial charge in [0.2, 0.25) is 0 Å². The first-order valence-corrected chi connectivity index (χ1v) is 10.4. The molecule has 14 heteroatoms. The van der Waals surface area contributed by atoms with Gasteiger partial charge in [0.1, 0.15) is 5.76 Å². The summed E-state index contributed by atoms with van der Waals surface area (Å²) in [5.74, 6) is -4.47. The smallest absolute Gasteiger partial charge is 0.475 e. The molecule has 0 saturated carbocycles. The van der Waals surface area contributed by atoms with Crippen LogP contribution in [0.15, 0.2) is 16.7 Å². The second kappa shape index (κ2) is 13.0. The zero-order chi connectivity index (χ0) is 26.1. The van der Waals surface area contributed by atoms with Crippen molar-refractivity contribution in [3.8, 4) is 0 Å². The fraction of sp³-hybridized carbons (Fsp3) is 0.700. The Bertz CT molecular complexity index is 750. The Morgan fingerprint density at radius 1 is 1.00 bits per heavy atom. The van der Waals surface area contributed by atoms with Crippen LogP contribution in [0.4, 0.5) is 26.3 Å². The number of alkyl halides is 6. The Labute approximate surface area is 191 Å². The minimum Gasteiger partial charge on any atom is -0.475 e. The summed E-state index contributed by atoms with van der Waals surface area (Å²) in [5.41, 5.74) is 1.32. The van der Waals surface area contributed by atoms with Gasteiger partial charge in [-0.2, -0.15) is 26.3 Å². The van der Waals surface area contributed by atoms with Crippen LogP contribution in [-0.2, 0) is 16.1 Å². The summed E-state index contributed by atoms with van der Waals surface area (Å²) in [5, 5.41) is 24.1. The third-order valence-electron chi connectivity index (χ3n) is 5.35. The van der Waals surface area contributed by atoms with Crippen LogP contribution in [0.1, 0.15) is 37.0 Å². The third-order valence-corrected chi connectivity index (χ3v) is 5.35. The van der Waals surface area contributed by atoms with Crippen molar-refractivity contribution in [2.24, 2.45) is 0 Å². The van der Waals surface area contributed by atoms with Gasteiger partial charge in [0.25, 0.3) is 0 Å². The molecule has 1 unspecified atom stereocenters. The molecule has 1 aromatic rings. The van der Waals surface area contributed by atoms with Gasteiger partial charge in [0.15, 0.2) is 0 Å². The molecule has 1 atom stereocenters. The van der Waals surface area contributed by atoms with Crippen molar-refractivity contribution in [2.45, 2.75) is 63.7 Å². The lowest BCUT2D eigenvalue weighted by molar-refractivity contribution is -0.193. The van der Waals surface area contributed by atoms with E-state index < -0.39 is 24.3 Å². The molecule has 3 rings (SSSR count). The molecule has 0 amide bonds. The predicted molar refractivity (Wildman–Crippen MR) is 106 cm³/mol. The van der Waals surface area contributed by atoms with Gasteiger partial charge in [-0.05, 0) is 58.3 Å². The van der Waals surface area contributed by atoms with Crippen LogP contribution in [-0.4, -0.2) is 87.7 Å². The molecule has 8 nitrogen and oxygen atoms in total. The van der Waals surface area contributed by atoms with Crippen LogP contribution in [0.25, 0.3) is 0 Å². The standard InChI is InChI=1S/C16H26N2O2.2C2HF3O2/c1-13-14(6-10-20-13)11-17-8-4-15(5-9-17)18-7-2-3-16(19)12-18;2*3-2(4,5)1(6)7/h6,10,15-16,19H,2-5,7-9,11-12H2,1H3;2*(H,6,7). The fourth-order valence-corrected chi connectivity index (χ4v) is 3.57. The van der Waals surface area contributed by atoms with Crippen LogP contribution < -0.4 is 0 Å². The molecule has 3 heterocycles. The summed E-state index contributed by atoms with van der Waals surface area (Å²) in [7, 11) is 0. The Hall–Kier alpha value is -2.32. The molecule has 0 radical (unpaired) electrons. The molecule has 3 N–H and O–H groups in total. The number of likely N-dealkylation sites (tertiary alicyclic amines) is 2. The zero-order valence-electron chi connectivity index (χ0n) is 18.4. The van der Waals surface area contributed by atoms with Gasteiger partial charge in [-0.1, -0.05) is 0 Å².